The number of carbonyl (C=O) groups is 2. The number of benzene rings is 1. The maximum atomic E-state index is 12.7. The van der Waals surface area contributed by atoms with Crippen LogP contribution in [0.25, 0.3) is 0 Å². The Morgan fingerprint density at radius 3 is 2.73 bits per heavy atom. The Morgan fingerprint density at radius 1 is 1.27 bits per heavy atom. The molecule has 1 saturated heterocycles. The maximum absolute atomic E-state index is 12.7. The maximum Gasteiger partial charge on any atom is 0.256 e. The van der Waals surface area contributed by atoms with E-state index in [-0.39, 0.29) is 11.8 Å². The summed E-state index contributed by atoms with van der Waals surface area (Å²) in [5.41, 5.74) is 2.43. The average Bonchev–Trinajstić information content (AvgIpc) is 2.56. The fourth-order valence-electron chi connectivity index (χ4n) is 2.62. The van der Waals surface area contributed by atoms with Crippen LogP contribution < -0.4 is 5.32 Å². The third kappa shape index (κ3) is 2.70. The molecular formula is C17H17N3O2. The zero-order chi connectivity index (χ0) is 15.5. The van der Waals surface area contributed by atoms with Gasteiger partial charge in [0.25, 0.3) is 5.91 Å². The van der Waals surface area contributed by atoms with Gasteiger partial charge < -0.3 is 10.2 Å². The Labute approximate surface area is 129 Å². The van der Waals surface area contributed by atoms with Crippen molar-refractivity contribution in [3.05, 3.63) is 65.5 Å². The van der Waals surface area contributed by atoms with E-state index in [1.807, 2.05) is 31.2 Å². The third-order valence-electron chi connectivity index (χ3n) is 3.77. The van der Waals surface area contributed by atoms with Crippen LogP contribution in [0.4, 0.5) is 0 Å². The van der Waals surface area contributed by atoms with E-state index in [1.165, 1.54) is 6.20 Å². The molecule has 1 aliphatic rings. The summed E-state index contributed by atoms with van der Waals surface area (Å²) in [6, 6.07) is 10.5. The Morgan fingerprint density at radius 2 is 2.05 bits per heavy atom. The highest BCUT2D eigenvalue weighted by Crippen LogP contribution is 2.25. The molecule has 22 heavy (non-hydrogen) atoms. The Kier molecular flexibility index (Phi) is 3.87. The molecule has 0 spiro atoms. The van der Waals surface area contributed by atoms with Crippen molar-refractivity contribution < 1.29 is 9.59 Å². The van der Waals surface area contributed by atoms with Gasteiger partial charge in [0.05, 0.1) is 5.56 Å². The molecule has 1 unspecified atom stereocenters. The highest BCUT2D eigenvalue weighted by atomic mass is 16.2. The number of nitrogens with zero attached hydrogens (tertiary/aromatic N) is 2. The van der Waals surface area contributed by atoms with Gasteiger partial charge in [0.15, 0.2) is 0 Å². The molecule has 1 atom stereocenters. The summed E-state index contributed by atoms with van der Waals surface area (Å²) in [5.74, 6) is -0.319. The smallest absolute Gasteiger partial charge is 0.256 e. The first kappa shape index (κ1) is 14.3. The predicted molar refractivity (Wildman–Crippen MR) is 82.2 cm³/mol. The summed E-state index contributed by atoms with van der Waals surface area (Å²) in [7, 11) is 0. The first-order chi connectivity index (χ1) is 10.7. The Balaban J connectivity index is 1.95. The first-order valence-electron chi connectivity index (χ1n) is 7.22. The van der Waals surface area contributed by atoms with E-state index >= 15 is 0 Å². The first-order valence-corrected chi connectivity index (χ1v) is 7.22. The van der Waals surface area contributed by atoms with Gasteiger partial charge in [-0.15, -0.1) is 0 Å². The van der Waals surface area contributed by atoms with Crippen LogP contribution in [0.3, 0.4) is 0 Å². The fourth-order valence-corrected chi connectivity index (χ4v) is 2.62. The summed E-state index contributed by atoms with van der Waals surface area (Å²) in [5, 5.41) is 2.83. The lowest BCUT2D eigenvalue weighted by Crippen LogP contribution is -2.52. The molecule has 3 rings (SSSR count). The average molecular weight is 295 g/mol. The number of rotatable bonds is 2. The predicted octanol–water partition coefficient (Wildman–Crippen LogP) is 1.70. The monoisotopic (exact) mass is 295 g/mol. The van der Waals surface area contributed by atoms with E-state index in [0.29, 0.717) is 18.7 Å². The normalized spacial score (nSPS) is 18.0. The van der Waals surface area contributed by atoms with Crippen molar-refractivity contribution in [2.75, 3.05) is 13.1 Å². The summed E-state index contributed by atoms with van der Waals surface area (Å²) >= 11 is 0. The van der Waals surface area contributed by atoms with Crippen LogP contribution in [0.1, 0.15) is 27.5 Å². The van der Waals surface area contributed by atoms with Crippen molar-refractivity contribution in [3.63, 3.8) is 0 Å². The van der Waals surface area contributed by atoms with Gasteiger partial charge >= 0.3 is 0 Å². The van der Waals surface area contributed by atoms with Gasteiger partial charge in [0.1, 0.15) is 6.04 Å². The number of piperazine rings is 1. The van der Waals surface area contributed by atoms with Crippen LogP contribution in [0.15, 0.2) is 48.8 Å². The molecule has 1 aromatic carbocycles. The number of aromatic nitrogens is 1. The van der Waals surface area contributed by atoms with Crippen LogP contribution in [0.2, 0.25) is 0 Å². The highest BCUT2D eigenvalue weighted by molar-refractivity contribution is 5.98. The summed E-state index contributed by atoms with van der Waals surface area (Å²) in [6.07, 6.45) is 3.15. The van der Waals surface area contributed by atoms with Crippen molar-refractivity contribution in [2.24, 2.45) is 0 Å². The molecule has 1 fully saturated rings. The molecule has 0 radical (unpaired) electrons. The quantitative estimate of drug-likeness (QED) is 0.917. The Bertz CT molecular complexity index is 683. The van der Waals surface area contributed by atoms with Gasteiger partial charge in [-0.25, -0.2) is 0 Å². The number of pyridine rings is 1. The van der Waals surface area contributed by atoms with E-state index in [0.717, 1.165) is 11.1 Å². The minimum absolute atomic E-state index is 0.146. The van der Waals surface area contributed by atoms with Crippen molar-refractivity contribution in [1.82, 2.24) is 15.2 Å². The van der Waals surface area contributed by atoms with Crippen molar-refractivity contribution >= 4 is 11.8 Å². The van der Waals surface area contributed by atoms with Crippen molar-refractivity contribution in [3.8, 4) is 0 Å². The standard InChI is InChI=1S/C17H17N3O2/c1-12-4-6-13(7-5-12)15-16(21)19-9-10-20(15)17(22)14-3-2-8-18-11-14/h2-8,11,15H,9-10H2,1H3,(H,19,21). The number of hydrogen-bond acceptors (Lipinski definition) is 3. The lowest BCUT2D eigenvalue weighted by Gasteiger charge is -2.35. The van der Waals surface area contributed by atoms with E-state index in [9.17, 15) is 9.59 Å². The lowest BCUT2D eigenvalue weighted by molar-refractivity contribution is -0.128. The second-order valence-electron chi connectivity index (χ2n) is 5.34. The largest absolute Gasteiger partial charge is 0.352 e. The minimum Gasteiger partial charge on any atom is -0.352 e. The number of aryl methyl sites for hydroxylation is 1. The second-order valence-corrected chi connectivity index (χ2v) is 5.34. The lowest BCUT2D eigenvalue weighted by atomic mass is 10.0. The second kappa shape index (κ2) is 5.97. The zero-order valence-electron chi connectivity index (χ0n) is 12.3. The van der Waals surface area contributed by atoms with Gasteiger partial charge in [-0.3, -0.25) is 14.6 Å². The molecule has 1 N–H and O–H groups in total. The van der Waals surface area contributed by atoms with E-state index in [2.05, 4.69) is 10.3 Å². The summed E-state index contributed by atoms with van der Waals surface area (Å²) in [4.78, 5) is 30.6. The molecular weight excluding hydrogens is 278 g/mol. The summed E-state index contributed by atoms with van der Waals surface area (Å²) < 4.78 is 0. The Hall–Kier alpha value is -2.69. The molecule has 0 aliphatic carbocycles. The molecule has 0 saturated carbocycles. The molecule has 2 heterocycles. The molecule has 5 heteroatoms. The third-order valence-corrected chi connectivity index (χ3v) is 3.77. The van der Waals surface area contributed by atoms with Crippen LogP contribution in [0, 0.1) is 6.92 Å². The molecule has 0 bridgehead atoms. The van der Waals surface area contributed by atoms with Gasteiger partial charge in [0, 0.05) is 25.5 Å². The number of hydrogen-bond donors (Lipinski definition) is 1. The number of carbonyl (C=O) groups excluding carboxylic acids is 2. The van der Waals surface area contributed by atoms with Crippen LogP contribution in [0.5, 0.6) is 0 Å². The molecule has 1 aliphatic heterocycles. The molecule has 2 aromatic rings. The minimum atomic E-state index is -0.595. The number of nitrogens with one attached hydrogen (secondary N) is 1. The van der Waals surface area contributed by atoms with E-state index < -0.39 is 6.04 Å². The van der Waals surface area contributed by atoms with Crippen LogP contribution in [-0.4, -0.2) is 34.8 Å². The highest BCUT2D eigenvalue weighted by Gasteiger charge is 2.34. The number of amides is 2. The molecule has 2 amide bonds. The fraction of sp³-hybridized carbons (Fsp3) is 0.235. The van der Waals surface area contributed by atoms with E-state index in [1.54, 1.807) is 23.2 Å². The zero-order valence-corrected chi connectivity index (χ0v) is 12.3. The van der Waals surface area contributed by atoms with Gasteiger partial charge in [-0.05, 0) is 24.6 Å². The van der Waals surface area contributed by atoms with E-state index in [4.69, 9.17) is 0 Å². The van der Waals surface area contributed by atoms with Crippen molar-refractivity contribution in [2.45, 2.75) is 13.0 Å². The van der Waals surface area contributed by atoms with Crippen LogP contribution >= 0.6 is 0 Å². The SMILES string of the molecule is Cc1ccc(C2C(=O)NCCN2C(=O)c2cccnc2)cc1. The van der Waals surface area contributed by atoms with Crippen LogP contribution in [-0.2, 0) is 4.79 Å². The molecule has 1 aromatic heterocycles. The van der Waals surface area contributed by atoms with Gasteiger partial charge in [-0.1, -0.05) is 29.8 Å². The topological polar surface area (TPSA) is 62.3 Å². The molecule has 112 valence electrons. The van der Waals surface area contributed by atoms with Crippen molar-refractivity contribution in [1.29, 1.82) is 0 Å². The molecule has 5 nitrogen and oxygen atoms in total. The van der Waals surface area contributed by atoms with Gasteiger partial charge in [0.2, 0.25) is 5.91 Å². The summed E-state index contributed by atoms with van der Waals surface area (Å²) in [6.45, 7) is 2.94. The van der Waals surface area contributed by atoms with Gasteiger partial charge in [-0.2, -0.15) is 0 Å².